The second-order valence-electron chi connectivity index (χ2n) is 6.71. The Bertz CT molecular complexity index is 1140. The van der Waals surface area contributed by atoms with Crippen LogP contribution in [0.4, 0.5) is 0 Å². The van der Waals surface area contributed by atoms with Crippen molar-refractivity contribution in [2.45, 2.75) is 4.90 Å². The third-order valence-electron chi connectivity index (χ3n) is 5.04. The zero-order valence-corrected chi connectivity index (χ0v) is 18.3. The molecule has 1 aliphatic carbocycles. The van der Waals surface area contributed by atoms with Gasteiger partial charge in [0.25, 0.3) is 0 Å². The van der Waals surface area contributed by atoms with E-state index in [-0.39, 0.29) is 53.4 Å². The fraction of sp³-hybridized carbons (Fsp3) is 0.200. The van der Waals surface area contributed by atoms with E-state index in [0.717, 1.165) is 4.47 Å². The van der Waals surface area contributed by atoms with Gasteiger partial charge in [0.2, 0.25) is 21.6 Å². The van der Waals surface area contributed by atoms with Crippen LogP contribution in [0.5, 0.6) is 0 Å². The van der Waals surface area contributed by atoms with E-state index in [9.17, 15) is 18.0 Å². The first-order chi connectivity index (χ1) is 13.8. The Morgan fingerprint density at radius 3 is 1.97 bits per heavy atom. The second-order valence-corrected chi connectivity index (χ2v) is 9.94. The van der Waals surface area contributed by atoms with Gasteiger partial charge in [0.15, 0.2) is 0 Å². The number of hydrogen-bond donors (Lipinski definition) is 0. The van der Waals surface area contributed by atoms with Crippen LogP contribution < -0.4 is 0 Å². The van der Waals surface area contributed by atoms with Crippen LogP contribution in [-0.4, -0.2) is 55.4 Å². The smallest absolute Gasteiger partial charge is 0.243 e. The molecular formula is C20H16BrClN2O4S. The quantitative estimate of drug-likeness (QED) is 0.653. The first kappa shape index (κ1) is 20.3. The Morgan fingerprint density at radius 2 is 1.38 bits per heavy atom. The Balaban J connectivity index is 1.56. The van der Waals surface area contributed by atoms with Crippen LogP contribution in [0.1, 0.15) is 20.7 Å². The van der Waals surface area contributed by atoms with Gasteiger partial charge in [-0.15, -0.1) is 0 Å². The Kier molecular flexibility index (Phi) is 5.37. The van der Waals surface area contributed by atoms with Crippen LogP contribution >= 0.6 is 27.5 Å². The number of sulfonamides is 1. The molecule has 1 heterocycles. The van der Waals surface area contributed by atoms with E-state index in [1.165, 1.54) is 4.31 Å². The highest BCUT2D eigenvalue weighted by molar-refractivity contribution is 9.10. The van der Waals surface area contributed by atoms with Gasteiger partial charge in [0, 0.05) is 41.8 Å². The lowest BCUT2D eigenvalue weighted by atomic mass is 9.91. The average molecular weight is 496 g/mol. The summed E-state index contributed by atoms with van der Waals surface area (Å²) in [6.07, 6.45) is 0. The van der Waals surface area contributed by atoms with Crippen LogP contribution in [-0.2, 0) is 10.0 Å². The fourth-order valence-corrected chi connectivity index (χ4v) is 5.52. The number of benzene rings is 2. The largest absolute Gasteiger partial charge is 0.364 e. The van der Waals surface area contributed by atoms with Gasteiger partial charge >= 0.3 is 0 Å². The number of carbonyl (C=O) groups excluding carboxylic acids is 2. The lowest BCUT2D eigenvalue weighted by Gasteiger charge is -2.37. The fourth-order valence-electron chi connectivity index (χ4n) is 3.52. The number of piperazine rings is 1. The highest BCUT2D eigenvalue weighted by atomic mass is 79.9. The first-order valence-corrected chi connectivity index (χ1v) is 11.5. The van der Waals surface area contributed by atoms with Gasteiger partial charge in [0.1, 0.15) is 10.7 Å². The topological polar surface area (TPSA) is 74.8 Å². The molecule has 4 rings (SSSR count). The minimum Gasteiger partial charge on any atom is -0.364 e. The maximum absolute atomic E-state index is 12.9. The van der Waals surface area contributed by atoms with E-state index in [0.29, 0.717) is 11.1 Å². The molecule has 2 aromatic carbocycles. The summed E-state index contributed by atoms with van der Waals surface area (Å²) in [5, 5.41) is -0.113. The first-order valence-electron chi connectivity index (χ1n) is 8.89. The molecule has 0 N–H and O–H groups in total. The normalized spacial score (nSPS) is 18.2. The molecule has 0 saturated carbocycles. The zero-order chi connectivity index (χ0) is 20.8. The van der Waals surface area contributed by atoms with Crippen molar-refractivity contribution in [1.82, 2.24) is 9.21 Å². The summed E-state index contributed by atoms with van der Waals surface area (Å²) < 4.78 is 27.9. The molecule has 9 heteroatoms. The molecule has 1 aliphatic heterocycles. The number of halogens is 2. The molecule has 1 saturated heterocycles. The predicted molar refractivity (Wildman–Crippen MR) is 112 cm³/mol. The van der Waals surface area contributed by atoms with Crippen molar-refractivity contribution >= 4 is 49.1 Å². The van der Waals surface area contributed by atoms with Crippen LogP contribution in [0.3, 0.4) is 0 Å². The molecule has 6 nitrogen and oxygen atoms in total. The van der Waals surface area contributed by atoms with Crippen molar-refractivity contribution in [2.24, 2.45) is 0 Å². The van der Waals surface area contributed by atoms with Gasteiger partial charge < -0.3 is 4.90 Å². The van der Waals surface area contributed by atoms with Gasteiger partial charge in [0.05, 0.1) is 4.90 Å². The highest BCUT2D eigenvalue weighted by Gasteiger charge is 2.37. The minimum absolute atomic E-state index is 0.113. The molecule has 1 fully saturated rings. The predicted octanol–water partition coefficient (Wildman–Crippen LogP) is 3.29. The standard InChI is InChI=1S/C20H16BrClN2O4S/c21-13-5-7-14(8-6-13)29(27,28)24-11-9-23(10-12-24)18-17(22)19(25)15-3-1-2-4-16(15)20(18)26/h1-8H,9-12H2. The van der Waals surface area contributed by atoms with Gasteiger partial charge in [-0.3, -0.25) is 9.59 Å². The molecule has 0 aromatic heterocycles. The van der Waals surface area contributed by atoms with Gasteiger partial charge in [-0.25, -0.2) is 8.42 Å². The maximum atomic E-state index is 12.9. The van der Waals surface area contributed by atoms with Crippen LogP contribution in [0, 0.1) is 0 Å². The van der Waals surface area contributed by atoms with Gasteiger partial charge in [-0.05, 0) is 24.3 Å². The third kappa shape index (κ3) is 3.54. The van der Waals surface area contributed by atoms with E-state index >= 15 is 0 Å². The molecule has 0 radical (unpaired) electrons. The van der Waals surface area contributed by atoms with Crippen LogP contribution in [0.15, 0.2) is 68.6 Å². The molecule has 0 amide bonds. The number of allylic oxidation sites excluding steroid dienone is 2. The monoisotopic (exact) mass is 494 g/mol. The average Bonchev–Trinajstić information content (AvgIpc) is 2.73. The molecule has 2 aromatic rings. The van der Waals surface area contributed by atoms with Crippen molar-refractivity contribution in [1.29, 1.82) is 0 Å². The summed E-state index contributed by atoms with van der Waals surface area (Å²) in [7, 11) is -3.63. The number of fused-ring (bicyclic) bond motifs is 1. The van der Waals surface area contributed by atoms with Gasteiger partial charge in [-0.2, -0.15) is 4.31 Å². The SMILES string of the molecule is O=C1C(Cl)=C(N2CCN(S(=O)(=O)c3ccc(Br)cc3)CC2)C(=O)c2ccccc21. The Morgan fingerprint density at radius 1 is 0.828 bits per heavy atom. The number of Topliss-reactive ketones (excluding diaryl/α,β-unsaturated/α-hetero) is 2. The summed E-state index contributed by atoms with van der Waals surface area (Å²) in [4.78, 5) is 27.4. The van der Waals surface area contributed by atoms with E-state index in [1.807, 2.05) is 0 Å². The van der Waals surface area contributed by atoms with E-state index < -0.39 is 10.0 Å². The van der Waals surface area contributed by atoms with Crippen molar-refractivity contribution in [3.8, 4) is 0 Å². The Labute approximate surface area is 181 Å². The molecule has 0 spiro atoms. The van der Waals surface area contributed by atoms with Crippen molar-refractivity contribution in [2.75, 3.05) is 26.2 Å². The zero-order valence-electron chi connectivity index (χ0n) is 15.1. The van der Waals surface area contributed by atoms with Crippen LogP contribution in [0.2, 0.25) is 0 Å². The maximum Gasteiger partial charge on any atom is 0.243 e. The molecule has 29 heavy (non-hydrogen) atoms. The number of carbonyl (C=O) groups is 2. The van der Waals surface area contributed by atoms with E-state index in [4.69, 9.17) is 11.6 Å². The van der Waals surface area contributed by atoms with Crippen molar-refractivity contribution in [3.05, 3.63) is 74.9 Å². The van der Waals surface area contributed by atoms with E-state index in [2.05, 4.69) is 15.9 Å². The molecule has 150 valence electrons. The summed E-state index contributed by atoms with van der Waals surface area (Å²) in [6.45, 7) is 0.912. The third-order valence-corrected chi connectivity index (χ3v) is 7.84. The number of hydrogen-bond acceptors (Lipinski definition) is 5. The summed E-state index contributed by atoms with van der Waals surface area (Å²) in [6, 6.07) is 13.0. The molecule has 0 atom stereocenters. The summed E-state index contributed by atoms with van der Waals surface area (Å²) in [5.41, 5.74) is 0.764. The summed E-state index contributed by atoms with van der Waals surface area (Å²) >= 11 is 9.55. The molecule has 2 aliphatic rings. The number of rotatable bonds is 3. The molecular weight excluding hydrogens is 480 g/mol. The number of nitrogens with zero attached hydrogens (tertiary/aromatic N) is 2. The molecule has 0 unspecified atom stereocenters. The van der Waals surface area contributed by atoms with Gasteiger partial charge in [-0.1, -0.05) is 51.8 Å². The lowest BCUT2D eigenvalue weighted by Crippen LogP contribution is -2.49. The summed E-state index contributed by atoms with van der Waals surface area (Å²) in [5.74, 6) is -0.698. The molecule has 0 bridgehead atoms. The second kappa shape index (κ2) is 7.68. The van der Waals surface area contributed by atoms with Crippen molar-refractivity contribution in [3.63, 3.8) is 0 Å². The Hall–Kier alpha value is -2.00. The lowest BCUT2D eigenvalue weighted by molar-refractivity contribution is 0.0933. The van der Waals surface area contributed by atoms with Crippen molar-refractivity contribution < 1.29 is 18.0 Å². The minimum atomic E-state index is -3.63. The van der Waals surface area contributed by atoms with E-state index in [1.54, 1.807) is 53.4 Å². The number of ketones is 2. The highest BCUT2D eigenvalue weighted by Crippen LogP contribution is 2.31. The van der Waals surface area contributed by atoms with Crippen LogP contribution in [0.25, 0.3) is 0 Å².